The predicted molar refractivity (Wildman–Crippen MR) is 109 cm³/mol. The number of carbonyl (C=O) groups excluding carboxylic acids is 2. The van der Waals surface area contributed by atoms with Crippen LogP contribution in [0.5, 0.6) is 0 Å². The van der Waals surface area contributed by atoms with Gasteiger partial charge < -0.3 is 10.6 Å². The molecule has 1 aromatic heterocycles. The van der Waals surface area contributed by atoms with Gasteiger partial charge in [-0.05, 0) is 55.7 Å². The largest absolute Gasteiger partial charge is 0.416 e. The van der Waals surface area contributed by atoms with Crippen LogP contribution in [0.25, 0.3) is 0 Å². The molecular formula is C23H20F3N3O2. The Kier molecular flexibility index (Phi) is 5.39. The fraction of sp³-hybridized carbons (Fsp3) is 0.261. The maximum absolute atomic E-state index is 13.3. The van der Waals surface area contributed by atoms with Crippen molar-refractivity contribution in [2.75, 3.05) is 5.32 Å². The second-order valence-electron chi connectivity index (χ2n) is 7.58. The third-order valence-corrected chi connectivity index (χ3v) is 5.51. The molecule has 160 valence electrons. The highest BCUT2D eigenvalue weighted by Gasteiger charge is 2.38. The number of nitrogens with zero attached hydrogens (tertiary/aromatic N) is 1. The van der Waals surface area contributed by atoms with E-state index in [9.17, 15) is 22.8 Å². The summed E-state index contributed by atoms with van der Waals surface area (Å²) in [6, 6.07) is 7.96. The number of benzene rings is 1. The lowest BCUT2D eigenvalue weighted by Gasteiger charge is -2.34. The van der Waals surface area contributed by atoms with Gasteiger partial charge in [-0.2, -0.15) is 13.2 Å². The molecule has 4 rings (SSSR count). The third kappa shape index (κ3) is 4.10. The summed E-state index contributed by atoms with van der Waals surface area (Å²) in [6.07, 6.45) is 0.472. The topological polar surface area (TPSA) is 71.1 Å². The lowest BCUT2D eigenvalue weighted by atomic mass is 9.75. The van der Waals surface area contributed by atoms with Gasteiger partial charge in [0.05, 0.1) is 5.56 Å². The van der Waals surface area contributed by atoms with E-state index in [0.29, 0.717) is 29.7 Å². The number of Topliss-reactive ketones (excluding diaryl/α,β-unsaturated/α-hetero) is 1. The van der Waals surface area contributed by atoms with Crippen LogP contribution in [-0.2, 0) is 15.8 Å². The van der Waals surface area contributed by atoms with E-state index in [1.54, 1.807) is 31.5 Å². The summed E-state index contributed by atoms with van der Waals surface area (Å²) in [4.78, 5) is 30.1. The van der Waals surface area contributed by atoms with Gasteiger partial charge in [0.1, 0.15) is 0 Å². The molecule has 0 radical (unpaired) electrons. The Bertz CT molecular complexity index is 1100. The molecule has 1 aromatic carbocycles. The molecule has 31 heavy (non-hydrogen) atoms. The van der Waals surface area contributed by atoms with E-state index < -0.39 is 23.6 Å². The molecule has 2 aromatic rings. The fourth-order valence-electron chi connectivity index (χ4n) is 4.15. The summed E-state index contributed by atoms with van der Waals surface area (Å²) < 4.78 is 39.2. The Balaban J connectivity index is 1.74. The average molecular weight is 427 g/mol. The maximum atomic E-state index is 13.3. The molecule has 1 amide bonds. The van der Waals surface area contributed by atoms with Crippen molar-refractivity contribution in [3.8, 4) is 0 Å². The number of alkyl halides is 3. The Hall–Kier alpha value is -3.42. The number of allylic oxidation sites excluding steroid dienone is 3. The van der Waals surface area contributed by atoms with Gasteiger partial charge in [0.25, 0.3) is 5.91 Å². The zero-order valence-electron chi connectivity index (χ0n) is 16.7. The Labute approximate surface area is 177 Å². The third-order valence-electron chi connectivity index (χ3n) is 5.51. The van der Waals surface area contributed by atoms with Gasteiger partial charge in [0.15, 0.2) is 5.78 Å². The number of ketones is 1. The van der Waals surface area contributed by atoms with Crippen LogP contribution in [0, 0.1) is 0 Å². The van der Waals surface area contributed by atoms with Crippen molar-refractivity contribution in [3.63, 3.8) is 0 Å². The minimum atomic E-state index is -4.52. The smallest absolute Gasteiger partial charge is 0.362 e. The highest BCUT2D eigenvalue weighted by Crippen LogP contribution is 2.42. The Morgan fingerprint density at radius 2 is 1.90 bits per heavy atom. The zero-order chi connectivity index (χ0) is 22.2. The number of pyridine rings is 1. The number of amides is 1. The van der Waals surface area contributed by atoms with Crippen molar-refractivity contribution < 1.29 is 22.8 Å². The molecule has 0 unspecified atom stereocenters. The summed E-state index contributed by atoms with van der Waals surface area (Å²) in [7, 11) is 0. The maximum Gasteiger partial charge on any atom is 0.416 e. The van der Waals surface area contributed by atoms with Gasteiger partial charge in [-0.1, -0.05) is 6.07 Å². The van der Waals surface area contributed by atoms with Gasteiger partial charge in [-0.15, -0.1) is 0 Å². The van der Waals surface area contributed by atoms with E-state index in [0.717, 1.165) is 29.8 Å². The molecule has 0 saturated heterocycles. The van der Waals surface area contributed by atoms with Gasteiger partial charge in [-0.25, -0.2) is 0 Å². The summed E-state index contributed by atoms with van der Waals surface area (Å²) in [5, 5.41) is 5.76. The van der Waals surface area contributed by atoms with Crippen LogP contribution in [0.15, 0.2) is 71.3 Å². The number of aromatic nitrogens is 1. The van der Waals surface area contributed by atoms with Gasteiger partial charge >= 0.3 is 6.18 Å². The van der Waals surface area contributed by atoms with Crippen molar-refractivity contribution in [3.05, 3.63) is 82.5 Å². The van der Waals surface area contributed by atoms with Crippen LogP contribution < -0.4 is 10.6 Å². The number of halogens is 3. The molecule has 1 aliphatic carbocycles. The van der Waals surface area contributed by atoms with Crippen molar-refractivity contribution >= 4 is 17.4 Å². The fourth-order valence-corrected chi connectivity index (χ4v) is 4.15. The van der Waals surface area contributed by atoms with Gasteiger partial charge in [0, 0.05) is 53.0 Å². The summed E-state index contributed by atoms with van der Waals surface area (Å²) in [6.45, 7) is 1.73. The summed E-state index contributed by atoms with van der Waals surface area (Å²) in [5.41, 5.74) is 2.12. The number of hydrogen-bond acceptors (Lipinski definition) is 4. The van der Waals surface area contributed by atoms with E-state index in [4.69, 9.17) is 0 Å². The molecule has 0 bridgehead atoms. The molecular weight excluding hydrogens is 407 g/mol. The monoisotopic (exact) mass is 427 g/mol. The highest BCUT2D eigenvalue weighted by molar-refractivity contribution is 6.09. The number of anilines is 1. The molecule has 0 fully saturated rings. The second-order valence-corrected chi connectivity index (χ2v) is 7.58. The summed E-state index contributed by atoms with van der Waals surface area (Å²) in [5.74, 6) is -1.21. The van der Waals surface area contributed by atoms with Crippen LogP contribution >= 0.6 is 0 Å². The van der Waals surface area contributed by atoms with Crippen molar-refractivity contribution in [1.82, 2.24) is 10.3 Å². The van der Waals surface area contributed by atoms with E-state index in [2.05, 4.69) is 15.6 Å². The van der Waals surface area contributed by atoms with Gasteiger partial charge in [0.2, 0.25) is 0 Å². The molecule has 0 spiro atoms. The van der Waals surface area contributed by atoms with Crippen molar-refractivity contribution in [2.24, 2.45) is 0 Å². The molecule has 1 atom stereocenters. The molecule has 2 heterocycles. The first-order valence-corrected chi connectivity index (χ1v) is 9.88. The Morgan fingerprint density at radius 3 is 2.61 bits per heavy atom. The van der Waals surface area contributed by atoms with Crippen LogP contribution in [0.3, 0.4) is 0 Å². The molecule has 1 aliphatic heterocycles. The number of nitrogens with one attached hydrogen (secondary N) is 2. The first-order valence-electron chi connectivity index (χ1n) is 9.88. The first kappa shape index (κ1) is 20.8. The van der Waals surface area contributed by atoms with Crippen LogP contribution in [-0.4, -0.2) is 16.7 Å². The van der Waals surface area contributed by atoms with Gasteiger partial charge in [-0.3, -0.25) is 14.6 Å². The summed E-state index contributed by atoms with van der Waals surface area (Å²) >= 11 is 0. The minimum Gasteiger partial charge on any atom is -0.362 e. The normalized spacial score (nSPS) is 19.1. The van der Waals surface area contributed by atoms with Crippen molar-refractivity contribution in [1.29, 1.82) is 0 Å². The number of rotatable bonds is 3. The standard InChI is InChI=1S/C23H20F3N3O2/c1-13-19(22(31)29-16-5-2-4-15(12-16)23(24,25)26)20(14-8-10-27-11-9-14)21-17(28-13)6-3-7-18(21)30/h2,4-5,8-12,20,28H,3,6-7H2,1H3,(H,29,31)/t20-/m0/s1. The Morgan fingerprint density at radius 1 is 1.16 bits per heavy atom. The second kappa shape index (κ2) is 8.02. The first-order chi connectivity index (χ1) is 14.8. The minimum absolute atomic E-state index is 0.0309. The van der Waals surface area contributed by atoms with Crippen molar-refractivity contribution in [2.45, 2.75) is 38.3 Å². The molecule has 8 heteroatoms. The highest BCUT2D eigenvalue weighted by atomic mass is 19.4. The zero-order valence-corrected chi connectivity index (χ0v) is 16.7. The number of dihydropyridines is 1. The van der Waals surface area contributed by atoms with E-state index >= 15 is 0 Å². The predicted octanol–water partition coefficient (Wildman–Crippen LogP) is 4.71. The molecule has 2 aliphatic rings. The lowest BCUT2D eigenvalue weighted by Crippen LogP contribution is -2.35. The molecule has 2 N–H and O–H groups in total. The van der Waals surface area contributed by atoms with Crippen LogP contribution in [0.4, 0.5) is 18.9 Å². The quantitative estimate of drug-likeness (QED) is 0.745. The van der Waals surface area contributed by atoms with Crippen LogP contribution in [0.1, 0.15) is 43.2 Å². The van der Waals surface area contributed by atoms with E-state index in [-0.39, 0.29) is 11.5 Å². The molecule has 5 nitrogen and oxygen atoms in total. The SMILES string of the molecule is CC1=C(C(=O)Nc2cccc(C(F)(F)F)c2)[C@H](c2ccncc2)C2=C(CCCC2=O)N1. The average Bonchev–Trinajstić information content (AvgIpc) is 2.73. The molecule has 0 saturated carbocycles. The number of carbonyl (C=O) groups is 2. The lowest BCUT2D eigenvalue weighted by molar-refractivity contribution is -0.137. The van der Waals surface area contributed by atoms with Crippen LogP contribution in [0.2, 0.25) is 0 Å². The van der Waals surface area contributed by atoms with E-state index in [1.165, 1.54) is 12.1 Å². The number of hydrogen-bond donors (Lipinski definition) is 2. The van der Waals surface area contributed by atoms with E-state index in [1.807, 2.05) is 0 Å².